The lowest BCUT2D eigenvalue weighted by molar-refractivity contribution is -0.156. The van der Waals surface area contributed by atoms with E-state index in [0.29, 0.717) is 13.2 Å². The molecular formula is C15H23NO4. The first-order valence-electron chi connectivity index (χ1n) is 6.90. The Morgan fingerprint density at radius 1 is 1.25 bits per heavy atom. The van der Waals surface area contributed by atoms with Crippen LogP contribution in [0.4, 0.5) is 0 Å². The van der Waals surface area contributed by atoms with Gasteiger partial charge in [-0.1, -0.05) is 30.3 Å². The first-order chi connectivity index (χ1) is 9.60. The van der Waals surface area contributed by atoms with E-state index in [0.717, 1.165) is 12.1 Å². The van der Waals surface area contributed by atoms with Crippen LogP contribution in [0.5, 0.6) is 0 Å². The van der Waals surface area contributed by atoms with Crippen LogP contribution in [0.3, 0.4) is 0 Å². The molecule has 3 N–H and O–H groups in total. The van der Waals surface area contributed by atoms with E-state index in [1.54, 1.807) is 0 Å². The molecule has 2 atom stereocenters. The molecule has 2 unspecified atom stereocenters. The molecule has 0 saturated carbocycles. The lowest BCUT2D eigenvalue weighted by atomic mass is 9.83. The van der Waals surface area contributed by atoms with Gasteiger partial charge in [-0.3, -0.25) is 0 Å². The minimum absolute atomic E-state index is 0.104. The molecule has 1 heterocycles. The monoisotopic (exact) mass is 281 g/mol. The van der Waals surface area contributed by atoms with Crippen LogP contribution >= 0.6 is 0 Å². The van der Waals surface area contributed by atoms with Crippen molar-refractivity contribution in [3.05, 3.63) is 35.9 Å². The number of aliphatic hydroxyl groups is 3. The lowest BCUT2D eigenvalue weighted by Gasteiger charge is -2.37. The Labute approximate surface area is 119 Å². The fourth-order valence-electron chi connectivity index (χ4n) is 2.71. The predicted molar refractivity (Wildman–Crippen MR) is 75.5 cm³/mol. The van der Waals surface area contributed by atoms with E-state index >= 15 is 0 Å². The third-order valence-electron chi connectivity index (χ3n) is 3.95. The summed E-state index contributed by atoms with van der Waals surface area (Å²) in [6.45, 7) is 0.874. The molecule has 20 heavy (non-hydrogen) atoms. The van der Waals surface area contributed by atoms with Gasteiger partial charge in [0.2, 0.25) is 0 Å². The minimum atomic E-state index is -1.63. The predicted octanol–water partition coefficient (Wildman–Crippen LogP) is -0.184. The molecule has 0 aliphatic carbocycles. The highest BCUT2D eigenvalue weighted by Gasteiger charge is 2.43. The molecule has 5 nitrogen and oxygen atoms in total. The Balaban J connectivity index is 2.34. The Morgan fingerprint density at radius 3 is 2.50 bits per heavy atom. The molecule has 2 rings (SSSR count). The van der Waals surface area contributed by atoms with Crippen molar-refractivity contribution in [1.82, 2.24) is 4.90 Å². The van der Waals surface area contributed by atoms with Crippen molar-refractivity contribution in [3.63, 3.8) is 0 Å². The molecule has 0 radical (unpaired) electrons. The Kier molecular flexibility index (Phi) is 5.12. The summed E-state index contributed by atoms with van der Waals surface area (Å²) in [5, 5.41) is 29.4. The fourth-order valence-corrected chi connectivity index (χ4v) is 2.71. The van der Waals surface area contributed by atoms with Gasteiger partial charge >= 0.3 is 0 Å². The van der Waals surface area contributed by atoms with Gasteiger partial charge in [-0.2, -0.15) is 0 Å². The van der Waals surface area contributed by atoms with Gasteiger partial charge in [-0.25, -0.2) is 0 Å². The third kappa shape index (κ3) is 3.19. The van der Waals surface area contributed by atoms with E-state index in [4.69, 9.17) is 4.74 Å². The highest BCUT2D eigenvalue weighted by molar-refractivity contribution is 5.23. The van der Waals surface area contributed by atoms with Gasteiger partial charge in [0.25, 0.3) is 0 Å². The standard InChI is InChI=1S/C15H23NO4/c1-16-7-8-20-14(15(19,10-17)11-18)13(9-16)12-5-3-2-4-6-12/h2-6,13-14,17-19H,7-11H2,1H3. The van der Waals surface area contributed by atoms with Gasteiger partial charge in [0.15, 0.2) is 0 Å². The number of nitrogens with zero attached hydrogens (tertiary/aromatic N) is 1. The molecule has 0 aromatic heterocycles. The zero-order valence-corrected chi connectivity index (χ0v) is 11.8. The SMILES string of the molecule is CN1CCOC(C(O)(CO)CO)C(c2ccccc2)C1. The molecule has 1 aromatic rings. The van der Waals surface area contributed by atoms with E-state index in [9.17, 15) is 15.3 Å². The topological polar surface area (TPSA) is 73.2 Å². The number of aliphatic hydroxyl groups excluding tert-OH is 2. The van der Waals surface area contributed by atoms with Gasteiger partial charge in [0.05, 0.1) is 25.9 Å². The largest absolute Gasteiger partial charge is 0.393 e. The second-order valence-electron chi connectivity index (χ2n) is 5.49. The summed E-state index contributed by atoms with van der Waals surface area (Å²) in [6.07, 6.45) is -0.634. The van der Waals surface area contributed by atoms with Crippen molar-refractivity contribution >= 4 is 0 Å². The maximum atomic E-state index is 10.5. The van der Waals surface area contributed by atoms with E-state index in [2.05, 4.69) is 4.90 Å². The van der Waals surface area contributed by atoms with E-state index in [1.165, 1.54) is 0 Å². The van der Waals surface area contributed by atoms with Crippen molar-refractivity contribution < 1.29 is 20.1 Å². The second kappa shape index (κ2) is 6.65. The quantitative estimate of drug-likeness (QED) is 0.714. The summed E-state index contributed by atoms with van der Waals surface area (Å²) in [5.74, 6) is -0.104. The van der Waals surface area contributed by atoms with Crippen LogP contribution < -0.4 is 0 Å². The molecule has 1 saturated heterocycles. The summed E-state index contributed by atoms with van der Waals surface area (Å²) < 4.78 is 5.78. The van der Waals surface area contributed by atoms with Gasteiger partial charge in [0, 0.05) is 19.0 Å². The minimum Gasteiger partial charge on any atom is -0.393 e. The number of ether oxygens (including phenoxy) is 1. The lowest BCUT2D eigenvalue weighted by Crippen LogP contribution is -2.53. The maximum Gasteiger partial charge on any atom is 0.137 e. The van der Waals surface area contributed by atoms with Crippen molar-refractivity contribution in [1.29, 1.82) is 0 Å². The Hall–Kier alpha value is -0.980. The maximum absolute atomic E-state index is 10.5. The van der Waals surface area contributed by atoms with Crippen molar-refractivity contribution in [3.8, 4) is 0 Å². The number of likely N-dealkylation sites (N-methyl/N-ethyl adjacent to an activating group) is 1. The number of hydrogen-bond acceptors (Lipinski definition) is 5. The Morgan fingerprint density at radius 2 is 1.90 bits per heavy atom. The highest BCUT2D eigenvalue weighted by atomic mass is 16.5. The first kappa shape index (κ1) is 15.4. The van der Waals surface area contributed by atoms with Crippen LogP contribution in [0, 0.1) is 0 Å². The van der Waals surface area contributed by atoms with Crippen LogP contribution in [-0.2, 0) is 4.74 Å². The van der Waals surface area contributed by atoms with E-state index in [1.807, 2.05) is 37.4 Å². The summed E-state index contributed by atoms with van der Waals surface area (Å²) in [5.41, 5.74) is -0.599. The number of benzene rings is 1. The third-order valence-corrected chi connectivity index (χ3v) is 3.95. The molecule has 5 heteroatoms. The second-order valence-corrected chi connectivity index (χ2v) is 5.49. The number of hydrogen-bond donors (Lipinski definition) is 3. The number of rotatable bonds is 4. The van der Waals surface area contributed by atoms with Gasteiger partial charge in [0.1, 0.15) is 5.60 Å². The van der Waals surface area contributed by atoms with E-state index in [-0.39, 0.29) is 5.92 Å². The van der Waals surface area contributed by atoms with Crippen LogP contribution in [0.25, 0.3) is 0 Å². The molecule has 1 fully saturated rings. The molecular weight excluding hydrogens is 258 g/mol. The molecule has 1 aromatic carbocycles. The van der Waals surface area contributed by atoms with Crippen LogP contribution in [0.1, 0.15) is 11.5 Å². The zero-order valence-electron chi connectivity index (χ0n) is 11.8. The highest BCUT2D eigenvalue weighted by Crippen LogP contribution is 2.31. The van der Waals surface area contributed by atoms with Crippen LogP contribution in [-0.4, -0.2) is 71.9 Å². The normalized spacial score (nSPS) is 25.4. The van der Waals surface area contributed by atoms with Crippen molar-refractivity contribution in [2.24, 2.45) is 0 Å². The summed E-state index contributed by atoms with van der Waals surface area (Å²) >= 11 is 0. The van der Waals surface area contributed by atoms with Crippen molar-refractivity contribution in [2.45, 2.75) is 17.6 Å². The van der Waals surface area contributed by atoms with Crippen LogP contribution in [0.2, 0.25) is 0 Å². The molecule has 1 aliphatic rings. The average molecular weight is 281 g/mol. The first-order valence-corrected chi connectivity index (χ1v) is 6.90. The van der Waals surface area contributed by atoms with Gasteiger partial charge < -0.3 is 25.0 Å². The van der Waals surface area contributed by atoms with Gasteiger partial charge in [-0.15, -0.1) is 0 Å². The van der Waals surface area contributed by atoms with E-state index < -0.39 is 24.9 Å². The smallest absolute Gasteiger partial charge is 0.137 e. The van der Waals surface area contributed by atoms with Gasteiger partial charge in [-0.05, 0) is 12.6 Å². The summed E-state index contributed by atoms with van der Waals surface area (Å²) in [4.78, 5) is 2.13. The van der Waals surface area contributed by atoms with Crippen LogP contribution in [0.15, 0.2) is 30.3 Å². The summed E-state index contributed by atoms with van der Waals surface area (Å²) in [7, 11) is 2.00. The van der Waals surface area contributed by atoms with Crippen molar-refractivity contribution in [2.75, 3.05) is 40.0 Å². The fraction of sp³-hybridized carbons (Fsp3) is 0.600. The average Bonchev–Trinajstić information content (AvgIpc) is 2.69. The Bertz CT molecular complexity index is 408. The molecule has 112 valence electrons. The molecule has 1 aliphatic heterocycles. The molecule has 0 amide bonds. The molecule has 0 bridgehead atoms. The zero-order chi connectivity index (χ0) is 14.6. The summed E-state index contributed by atoms with van der Waals surface area (Å²) in [6, 6.07) is 9.78. The molecule has 0 spiro atoms.